The molecule has 2 aromatic rings. The van der Waals surface area contributed by atoms with E-state index < -0.39 is 0 Å². The maximum Gasteiger partial charge on any atom is 0.308 e. The highest BCUT2D eigenvalue weighted by atomic mass is 79.9. The molecule has 0 N–H and O–H groups in total. The molecule has 0 aliphatic carbocycles. The van der Waals surface area contributed by atoms with Gasteiger partial charge in [0.15, 0.2) is 5.75 Å². The van der Waals surface area contributed by atoms with E-state index in [1.54, 1.807) is 12.1 Å². The van der Waals surface area contributed by atoms with Crippen molar-refractivity contribution in [3.8, 4) is 16.9 Å². The molecule has 0 atom stereocenters. The molecule has 0 unspecified atom stereocenters. The van der Waals surface area contributed by atoms with Gasteiger partial charge in [0.25, 0.3) is 0 Å². The van der Waals surface area contributed by atoms with E-state index in [0.29, 0.717) is 5.75 Å². The summed E-state index contributed by atoms with van der Waals surface area (Å²) in [6.07, 6.45) is 0.736. The third-order valence-corrected chi connectivity index (χ3v) is 4.52. The lowest BCUT2D eigenvalue weighted by Crippen LogP contribution is -2.14. The van der Waals surface area contributed by atoms with Crippen LogP contribution in [0, 0.1) is 5.82 Å². The number of carbonyl (C=O) groups is 1. The Morgan fingerprint density at radius 2 is 1.69 bits per heavy atom. The molecule has 0 saturated carbocycles. The minimum absolute atomic E-state index is 0.0825. The van der Waals surface area contributed by atoms with Crippen molar-refractivity contribution in [3.63, 3.8) is 0 Å². The molecule has 3 nitrogen and oxygen atoms in total. The summed E-state index contributed by atoms with van der Waals surface area (Å²) < 4.78 is 19.1. The first-order chi connectivity index (χ1) is 12.3. The molecule has 0 aliphatic heterocycles. The van der Waals surface area contributed by atoms with Gasteiger partial charge in [-0.2, -0.15) is 0 Å². The second-order valence-corrected chi connectivity index (χ2v) is 7.71. The minimum Gasteiger partial charge on any atom is -0.424 e. The summed E-state index contributed by atoms with van der Waals surface area (Å²) in [5, 5.41) is 0.753. The molecule has 5 heteroatoms. The Labute approximate surface area is 163 Å². The van der Waals surface area contributed by atoms with Gasteiger partial charge in [0.2, 0.25) is 0 Å². The lowest BCUT2D eigenvalue weighted by atomic mass is 9.89. The number of ether oxygens (including phenoxy) is 1. The van der Waals surface area contributed by atoms with Gasteiger partial charge in [0.1, 0.15) is 5.82 Å². The molecule has 0 radical (unpaired) electrons. The summed E-state index contributed by atoms with van der Waals surface area (Å²) in [4.78, 5) is 16.7. The maximum absolute atomic E-state index is 13.5. The monoisotopic (exact) mass is 421 g/mol. The Hall–Kier alpha value is -1.75. The van der Waals surface area contributed by atoms with Crippen molar-refractivity contribution >= 4 is 21.9 Å². The predicted octanol–water partition coefficient (Wildman–Crippen LogP) is 6.00. The molecule has 1 aromatic heterocycles. The molecular weight excluding hydrogens is 397 g/mol. The van der Waals surface area contributed by atoms with Crippen LogP contribution in [0.25, 0.3) is 11.1 Å². The van der Waals surface area contributed by atoms with E-state index in [1.165, 1.54) is 19.1 Å². The predicted molar refractivity (Wildman–Crippen MR) is 107 cm³/mol. The molecule has 0 fully saturated rings. The van der Waals surface area contributed by atoms with Crippen LogP contribution in [0.4, 0.5) is 4.39 Å². The largest absolute Gasteiger partial charge is 0.424 e. The van der Waals surface area contributed by atoms with E-state index in [4.69, 9.17) is 9.72 Å². The van der Waals surface area contributed by atoms with E-state index in [-0.39, 0.29) is 23.6 Å². The number of hydrogen-bond acceptors (Lipinski definition) is 3. The topological polar surface area (TPSA) is 39.2 Å². The zero-order valence-electron chi connectivity index (χ0n) is 15.9. The van der Waals surface area contributed by atoms with Gasteiger partial charge in [-0.05, 0) is 41.5 Å². The molecule has 140 valence electrons. The summed E-state index contributed by atoms with van der Waals surface area (Å²) in [5.41, 5.74) is 4.43. The highest BCUT2D eigenvalue weighted by Gasteiger charge is 2.25. The van der Waals surface area contributed by atoms with Gasteiger partial charge in [-0.15, -0.1) is 0 Å². The zero-order valence-corrected chi connectivity index (χ0v) is 17.5. The fourth-order valence-corrected chi connectivity index (χ4v) is 3.42. The van der Waals surface area contributed by atoms with Crippen LogP contribution in [0.2, 0.25) is 0 Å². The van der Waals surface area contributed by atoms with Gasteiger partial charge in [-0.1, -0.05) is 55.8 Å². The van der Waals surface area contributed by atoms with Crippen LogP contribution in [0.3, 0.4) is 0 Å². The lowest BCUT2D eigenvalue weighted by Gasteiger charge is -2.23. The van der Waals surface area contributed by atoms with Crippen LogP contribution < -0.4 is 4.74 Å². The second-order valence-electron chi connectivity index (χ2n) is 6.91. The Morgan fingerprint density at radius 3 is 2.15 bits per heavy atom. The number of aromatic nitrogens is 1. The standard InChI is InChI=1S/C21H25BrFNO2/c1-12(2)19-17(10-11-22)18(15-6-8-16(23)9-7-15)21(26-14(5)25)20(24-19)13(3)4/h6-9,12-13H,10-11H2,1-5H3. The first kappa shape index (κ1) is 20.6. The number of benzene rings is 1. The number of hydrogen-bond donors (Lipinski definition) is 0. The fourth-order valence-electron chi connectivity index (χ4n) is 3.03. The van der Waals surface area contributed by atoms with Crippen molar-refractivity contribution in [2.45, 2.75) is 52.9 Å². The smallest absolute Gasteiger partial charge is 0.308 e. The van der Waals surface area contributed by atoms with Crippen molar-refractivity contribution in [3.05, 3.63) is 47.0 Å². The number of pyridine rings is 1. The molecular formula is C21H25BrFNO2. The molecule has 0 spiro atoms. The second kappa shape index (κ2) is 8.76. The Kier molecular flexibility index (Phi) is 6.93. The number of alkyl halides is 1. The van der Waals surface area contributed by atoms with Crippen LogP contribution >= 0.6 is 15.9 Å². The van der Waals surface area contributed by atoms with E-state index >= 15 is 0 Å². The molecule has 26 heavy (non-hydrogen) atoms. The highest BCUT2D eigenvalue weighted by Crippen LogP contribution is 2.42. The van der Waals surface area contributed by atoms with Crippen LogP contribution in [0.5, 0.6) is 5.75 Å². The molecule has 1 aromatic carbocycles. The van der Waals surface area contributed by atoms with Gasteiger partial charge in [0.05, 0.1) is 5.69 Å². The third kappa shape index (κ3) is 4.50. The fraction of sp³-hybridized carbons (Fsp3) is 0.429. The third-order valence-electron chi connectivity index (χ3n) is 4.13. The number of rotatable bonds is 6. The summed E-state index contributed by atoms with van der Waals surface area (Å²) >= 11 is 3.52. The molecule has 0 bridgehead atoms. The minimum atomic E-state index is -0.390. The number of carbonyl (C=O) groups excluding carboxylic acids is 1. The normalized spacial score (nSPS) is 11.3. The average Bonchev–Trinajstić information content (AvgIpc) is 2.55. The van der Waals surface area contributed by atoms with Gasteiger partial charge in [-0.3, -0.25) is 9.78 Å². The SMILES string of the molecule is CC(=O)Oc1c(C(C)C)nc(C(C)C)c(CCBr)c1-c1ccc(F)cc1. The van der Waals surface area contributed by atoms with Crippen LogP contribution in [0.15, 0.2) is 24.3 Å². The average molecular weight is 422 g/mol. The van der Waals surface area contributed by atoms with Crippen molar-refractivity contribution in [1.82, 2.24) is 4.98 Å². The highest BCUT2D eigenvalue weighted by molar-refractivity contribution is 9.09. The summed E-state index contributed by atoms with van der Waals surface area (Å²) in [7, 11) is 0. The maximum atomic E-state index is 13.5. The van der Waals surface area contributed by atoms with Gasteiger partial charge in [0, 0.05) is 23.5 Å². The quantitative estimate of drug-likeness (QED) is 0.424. The lowest BCUT2D eigenvalue weighted by molar-refractivity contribution is -0.131. The van der Waals surface area contributed by atoms with Crippen LogP contribution in [-0.4, -0.2) is 16.3 Å². The van der Waals surface area contributed by atoms with Gasteiger partial charge in [-0.25, -0.2) is 4.39 Å². The van der Waals surface area contributed by atoms with Crippen molar-refractivity contribution in [2.24, 2.45) is 0 Å². The van der Waals surface area contributed by atoms with Crippen molar-refractivity contribution in [1.29, 1.82) is 0 Å². The molecule has 2 rings (SSSR count). The van der Waals surface area contributed by atoms with E-state index in [1.807, 2.05) is 13.8 Å². The Balaban J connectivity index is 2.91. The zero-order chi connectivity index (χ0) is 19.4. The first-order valence-electron chi connectivity index (χ1n) is 8.83. The first-order valence-corrected chi connectivity index (χ1v) is 9.95. The van der Waals surface area contributed by atoms with E-state index in [9.17, 15) is 9.18 Å². The van der Waals surface area contributed by atoms with Gasteiger partial charge < -0.3 is 4.74 Å². The number of esters is 1. The van der Waals surface area contributed by atoms with E-state index in [2.05, 4.69) is 29.8 Å². The molecule has 0 amide bonds. The van der Waals surface area contributed by atoms with E-state index in [0.717, 1.165) is 39.8 Å². The summed E-state index contributed by atoms with van der Waals surface area (Å²) in [5.74, 6) is 0.0943. The van der Waals surface area contributed by atoms with Gasteiger partial charge >= 0.3 is 5.97 Å². The summed E-state index contributed by atoms with van der Waals surface area (Å²) in [6.45, 7) is 9.64. The summed E-state index contributed by atoms with van der Waals surface area (Å²) in [6, 6.07) is 6.30. The number of nitrogens with zero attached hydrogens (tertiary/aromatic N) is 1. The molecule has 1 heterocycles. The van der Waals surface area contributed by atoms with Crippen LogP contribution in [-0.2, 0) is 11.2 Å². The van der Waals surface area contributed by atoms with Crippen molar-refractivity contribution < 1.29 is 13.9 Å². The molecule has 0 aliphatic rings. The van der Waals surface area contributed by atoms with Crippen molar-refractivity contribution in [2.75, 3.05) is 5.33 Å². The molecule has 0 saturated heterocycles. The van der Waals surface area contributed by atoms with Crippen LogP contribution in [0.1, 0.15) is 63.4 Å². The Bertz CT molecular complexity index is 786. The number of halogens is 2. The Morgan fingerprint density at radius 1 is 1.12 bits per heavy atom.